The summed E-state index contributed by atoms with van der Waals surface area (Å²) >= 11 is 7.32. The zero-order valence-electron chi connectivity index (χ0n) is 21.1. The number of aromatic nitrogens is 3. The molecule has 1 N–H and O–H groups in total. The third kappa shape index (κ3) is 6.64. The van der Waals surface area contributed by atoms with E-state index in [0.717, 1.165) is 17.0 Å². The fourth-order valence-electron chi connectivity index (χ4n) is 3.50. The van der Waals surface area contributed by atoms with Gasteiger partial charge in [0.2, 0.25) is 0 Å². The molecule has 9 nitrogen and oxygen atoms in total. The molecule has 1 aromatic heterocycles. The standard InChI is InChI=1S/C27H26ClN5O4S/c1-4-37-22-13-10-21(11-14-22)33-26(18-5-8-20(28)9-6-18)31-32-27(33)38-17-25(34)30-29-16-19-7-12-23(35-2)15-24(19)36-3/h5-16H,4,17H2,1-3H3,(H,30,34)/b29-16-. The fraction of sp³-hybridized carbons (Fsp3) is 0.185. The highest BCUT2D eigenvalue weighted by atomic mass is 35.5. The van der Waals surface area contributed by atoms with Crippen molar-refractivity contribution in [3.05, 3.63) is 77.3 Å². The first-order chi connectivity index (χ1) is 18.5. The molecule has 0 spiro atoms. The number of carbonyl (C=O) groups is 1. The molecule has 0 atom stereocenters. The van der Waals surface area contributed by atoms with Crippen LogP contribution in [0.3, 0.4) is 0 Å². The van der Waals surface area contributed by atoms with Crippen LogP contribution in [0.4, 0.5) is 0 Å². The topological polar surface area (TPSA) is 99.9 Å². The van der Waals surface area contributed by atoms with Crippen LogP contribution in [-0.2, 0) is 4.79 Å². The molecule has 11 heteroatoms. The number of hydrogen-bond donors (Lipinski definition) is 1. The van der Waals surface area contributed by atoms with Gasteiger partial charge in [-0.15, -0.1) is 10.2 Å². The van der Waals surface area contributed by atoms with Crippen LogP contribution < -0.4 is 19.6 Å². The molecule has 4 rings (SSSR count). The SMILES string of the molecule is CCOc1ccc(-n2c(SCC(=O)N/N=C\c3ccc(OC)cc3OC)nnc2-c2ccc(Cl)cc2)cc1. The first kappa shape index (κ1) is 27.0. The van der Waals surface area contributed by atoms with Crippen LogP contribution in [-0.4, -0.2) is 53.5 Å². The van der Waals surface area contributed by atoms with E-state index in [1.165, 1.54) is 18.0 Å². The van der Waals surface area contributed by atoms with Gasteiger partial charge >= 0.3 is 0 Å². The lowest BCUT2D eigenvalue weighted by atomic mass is 10.2. The van der Waals surface area contributed by atoms with Crippen LogP contribution in [0.25, 0.3) is 17.1 Å². The van der Waals surface area contributed by atoms with Crippen molar-refractivity contribution in [1.82, 2.24) is 20.2 Å². The molecule has 0 saturated carbocycles. The minimum atomic E-state index is -0.298. The zero-order valence-corrected chi connectivity index (χ0v) is 22.6. The first-order valence-corrected chi connectivity index (χ1v) is 13.0. The second-order valence-electron chi connectivity index (χ2n) is 7.77. The lowest BCUT2D eigenvalue weighted by Crippen LogP contribution is -2.20. The van der Waals surface area contributed by atoms with Crippen LogP contribution >= 0.6 is 23.4 Å². The Balaban J connectivity index is 1.50. The normalized spacial score (nSPS) is 10.9. The quantitative estimate of drug-likeness (QED) is 0.154. The molecule has 1 heterocycles. The molecule has 0 aliphatic carbocycles. The maximum absolute atomic E-state index is 12.6. The molecule has 0 saturated heterocycles. The van der Waals surface area contributed by atoms with Crippen molar-refractivity contribution in [3.8, 4) is 34.3 Å². The number of nitrogens with zero attached hydrogens (tertiary/aromatic N) is 4. The molecule has 3 aromatic carbocycles. The Kier molecular flexibility index (Phi) is 9.23. The number of hydrogen-bond acceptors (Lipinski definition) is 8. The van der Waals surface area contributed by atoms with Crippen molar-refractivity contribution in [2.45, 2.75) is 12.1 Å². The molecule has 0 unspecified atom stereocenters. The number of ether oxygens (including phenoxy) is 3. The average Bonchev–Trinajstić information content (AvgIpc) is 3.37. The largest absolute Gasteiger partial charge is 0.497 e. The Morgan fingerprint density at radius 3 is 2.45 bits per heavy atom. The molecular weight excluding hydrogens is 526 g/mol. The Morgan fingerprint density at radius 2 is 1.76 bits per heavy atom. The van der Waals surface area contributed by atoms with Gasteiger partial charge < -0.3 is 14.2 Å². The first-order valence-electron chi connectivity index (χ1n) is 11.6. The average molecular weight is 552 g/mol. The number of amides is 1. The predicted molar refractivity (Wildman–Crippen MR) is 149 cm³/mol. The maximum Gasteiger partial charge on any atom is 0.250 e. The molecule has 0 aliphatic rings. The van der Waals surface area contributed by atoms with E-state index >= 15 is 0 Å². The van der Waals surface area contributed by atoms with E-state index in [-0.39, 0.29) is 11.7 Å². The summed E-state index contributed by atoms with van der Waals surface area (Å²) in [5.74, 6) is 2.40. The van der Waals surface area contributed by atoms with Gasteiger partial charge in [0.05, 0.1) is 32.8 Å². The van der Waals surface area contributed by atoms with Crippen molar-refractivity contribution >= 4 is 35.5 Å². The summed E-state index contributed by atoms with van der Waals surface area (Å²) in [5, 5.41) is 14.0. The Hall–Kier alpha value is -4.02. The van der Waals surface area contributed by atoms with Crippen LogP contribution in [0.2, 0.25) is 5.02 Å². The van der Waals surface area contributed by atoms with Crippen LogP contribution in [0.5, 0.6) is 17.2 Å². The third-order valence-corrected chi connectivity index (χ3v) is 6.49. The highest BCUT2D eigenvalue weighted by Gasteiger charge is 2.17. The fourth-order valence-corrected chi connectivity index (χ4v) is 4.37. The summed E-state index contributed by atoms with van der Waals surface area (Å²) in [7, 11) is 3.13. The van der Waals surface area contributed by atoms with Gasteiger partial charge in [-0.3, -0.25) is 9.36 Å². The van der Waals surface area contributed by atoms with Crippen LogP contribution in [0, 0.1) is 0 Å². The molecule has 196 valence electrons. The van der Waals surface area contributed by atoms with E-state index in [4.69, 9.17) is 25.8 Å². The van der Waals surface area contributed by atoms with E-state index in [1.807, 2.05) is 47.9 Å². The lowest BCUT2D eigenvalue weighted by Gasteiger charge is -2.11. The van der Waals surface area contributed by atoms with E-state index < -0.39 is 0 Å². The van der Waals surface area contributed by atoms with Crippen molar-refractivity contribution < 1.29 is 19.0 Å². The van der Waals surface area contributed by atoms with E-state index in [2.05, 4.69) is 20.7 Å². The number of halogens is 1. The number of hydrazone groups is 1. The van der Waals surface area contributed by atoms with E-state index in [0.29, 0.717) is 39.7 Å². The smallest absolute Gasteiger partial charge is 0.250 e. The van der Waals surface area contributed by atoms with Gasteiger partial charge in [-0.05, 0) is 67.6 Å². The van der Waals surface area contributed by atoms with Crippen molar-refractivity contribution in [2.24, 2.45) is 5.10 Å². The van der Waals surface area contributed by atoms with E-state index in [1.54, 1.807) is 44.6 Å². The van der Waals surface area contributed by atoms with E-state index in [9.17, 15) is 4.79 Å². The Bertz CT molecular complexity index is 1410. The molecule has 4 aromatic rings. The lowest BCUT2D eigenvalue weighted by molar-refractivity contribution is -0.118. The van der Waals surface area contributed by atoms with Gasteiger partial charge in [0.15, 0.2) is 11.0 Å². The summed E-state index contributed by atoms with van der Waals surface area (Å²) in [6, 6.07) is 20.3. The van der Waals surface area contributed by atoms with Gasteiger partial charge in [-0.2, -0.15) is 5.10 Å². The summed E-state index contributed by atoms with van der Waals surface area (Å²) in [6.07, 6.45) is 1.52. The monoisotopic (exact) mass is 551 g/mol. The minimum Gasteiger partial charge on any atom is -0.497 e. The molecule has 0 aliphatic heterocycles. The number of methoxy groups -OCH3 is 2. The molecule has 0 bridgehead atoms. The number of carbonyl (C=O) groups excluding carboxylic acids is 1. The van der Waals surface area contributed by atoms with Crippen LogP contribution in [0.1, 0.15) is 12.5 Å². The van der Waals surface area contributed by atoms with Gasteiger partial charge in [-0.1, -0.05) is 23.4 Å². The van der Waals surface area contributed by atoms with Gasteiger partial charge in [-0.25, -0.2) is 5.43 Å². The summed E-state index contributed by atoms with van der Waals surface area (Å²) in [6.45, 7) is 2.51. The van der Waals surface area contributed by atoms with Gasteiger partial charge in [0.1, 0.15) is 17.2 Å². The van der Waals surface area contributed by atoms with Crippen LogP contribution in [0.15, 0.2) is 77.0 Å². The highest BCUT2D eigenvalue weighted by molar-refractivity contribution is 7.99. The number of rotatable bonds is 11. The number of nitrogens with one attached hydrogen (secondary N) is 1. The molecule has 0 radical (unpaired) electrons. The Morgan fingerprint density at radius 1 is 1.03 bits per heavy atom. The molecule has 1 amide bonds. The second kappa shape index (κ2) is 13.0. The number of thioether (sulfide) groups is 1. The molecule has 0 fully saturated rings. The van der Waals surface area contributed by atoms with Crippen molar-refractivity contribution in [3.63, 3.8) is 0 Å². The summed E-state index contributed by atoms with van der Waals surface area (Å²) in [4.78, 5) is 12.6. The van der Waals surface area contributed by atoms with Gasteiger partial charge in [0.25, 0.3) is 5.91 Å². The zero-order chi connectivity index (χ0) is 26.9. The highest BCUT2D eigenvalue weighted by Crippen LogP contribution is 2.29. The summed E-state index contributed by atoms with van der Waals surface area (Å²) in [5.41, 5.74) is 4.91. The molecule has 38 heavy (non-hydrogen) atoms. The summed E-state index contributed by atoms with van der Waals surface area (Å²) < 4.78 is 18.0. The third-order valence-electron chi connectivity index (χ3n) is 5.31. The van der Waals surface area contributed by atoms with Crippen molar-refractivity contribution in [2.75, 3.05) is 26.6 Å². The predicted octanol–water partition coefficient (Wildman–Crippen LogP) is 5.25. The van der Waals surface area contributed by atoms with Crippen molar-refractivity contribution in [1.29, 1.82) is 0 Å². The Labute approximate surface area is 229 Å². The second-order valence-corrected chi connectivity index (χ2v) is 9.14. The maximum atomic E-state index is 12.6. The minimum absolute atomic E-state index is 0.0763. The number of benzene rings is 3. The molecular formula is C27H26ClN5O4S. The van der Waals surface area contributed by atoms with Gasteiger partial charge in [0, 0.05) is 27.9 Å².